The second-order valence-corrected chi connectivity index (χ2v) is 6.05. The molecule has 1 saturated carbocycles. The number of aryl methyl sites for hydroxylation is 1. The van der Waals surface area contributed by atoms with E-state index in [-0.39, 0.29) is 17.0 Å². The standard InChI is InChI=1S/C14H14Cl2N2O/c1-7-4-11(15)17-13(16)12(7)18-14(19)10-6-8-2-3-9(10)5-8/h2-4,8-10H,5-6H2,1H3,(H,18,19). The van der Waals surface area contributed by atoms with Crippen LogP contribution in [0.2, 0.25) is 10.3 Å². The highest BCUT2D eigenvalue weighted by atomic mass is 35.5. The number of nitrogens with zero attached hydrogens (tertiary/aromatic N) is 1. The van der Waals surface area contributed by atoms with Gasteiger partial charge in [0.15, 0.2) is 5.15 Å². The van der Waals surface area contributed by atoms with Crippen molar-refractivity contribution < 1.29 is 4.79 Å². The lowest BCUT2D eigenvalue weighted by Gasteiger charge is -2.18. The lowest BCUT2D eigenvalue weighted by atomic mass is 9.93. The molecule has 2 aliphatic rings. The number of anilines is 1. The van der Waals surface area contributed by atoms with Crippen LogP contribution in [0.3, 0.4) is 0 Å². The van der Waals surface area contributed by atoms with Crippen LogP contribution in [-0.2, 0) is 4.79 Å². The fraction of sp³-hybridized carbons (Fsp3) is 0.429. The van der Waals surface area contributed by atoms with E-state index in [4.69, 9.17) is 23.2 Å². The fourth-order valence-electron chi connectivity index (χ4n) is 3.04. The lowest BCUT2D eigenvalue weighted by Crippen LogP contribution is -2.26. The van der Waals surface area contributed by atoms with E-state index in [0.29, 0.717) is 22.7 Å². The summed E-state index contributed by atoms with van der Waals surface area (Å²) in [4.78, 5) is 16.3. The van der Waals surface area contributed by atoms with E-state index in [2.05, 4.69) is 22.5 Å². The van der Waals surface area contributed by atoms with Crippen molar-refractivity contribution in [2.75, 3.05) is 5.32 Å². The number of aromatic nitrogens is 1. The molecule has 19 heavy (non-hydrogen) atoms. The normalized spacial score (nSPS) is 27.8. The molecule has 0 spiro atoms. The van der Waals surface area contributed by atoms with E-state index >= 15 is 0 Å². The summed E-state index contributed by atoms with van der Waals surface area (Å²) in [5.41, 5.74) is 1.40. The van der Waals surface area contributed by atoms with Gasteiger partial charge < -0.3 is 5.32 Å². The number of carbonyl (C=O) groups excluding carboxylic acids is 1. The van der Waals surface area contributed by atoms with Crippen molar-refractivity contribution in [1.82, 2.24) is 4.98 Å². The van der Waals surface area contributed by atoms with Crippen molar-refractivity contribution >= 4 is 34.8 Å². The van der Waals surface area contributed by atoms with Gasteiger partial charge >= 0.3 is 0 Å². The highest BCUT2D eigenvalue weighted by Crippen LogP contribution is 2.44. The van der Waals surface area contributed by atoms with Gasteiger partial charge in [-0.15, -0.1) is 0 Å². The molecular formula is C14H14Cl2N2O. The van der Waals surface area contributed by atoms with Gasteiger partial charge in [-0.2, -0.15) is 0 Å². The van der Waals surface area contributed by atoms with E-state index in [9.17, 15) is 4.79 Å². The number of pyridine rings is 1. The Morgan fingerprint density at radius 2 is 2.16 bits per heavy atom. The molecule has 3 unspecified atom stereocenters. The summed E-state index contributed by atoms with van der Waals surface area (Å²) in [6, 6.07) is 1.70. The maximum atomic E-state index is 12.3. The number of hydrogen-bond acceptors (Lipinski definition) is 2. The van der Waals surface area contributed by atoms with Crippen LogP contribution in [0.4, 0.5) is 5.69 Å². The maximum Gasteiger partial charge on any atom is 0.228 e. The molecule has 0 aromatic carbocycles. The first-order chi connectivity index (χ1) is 9.04. The van der Waals surface area contributed by atoms with Gasteiger partial charge in [0.1, 0.15) is 5.15 Å². The number of allylic oxidation sites excluding steroid dienone is 2. The maximum absolute atomic E-state index is 12.3. The van der Waals surface area contributed by atoms with Crippen LogP contribution in [-0.4, -0.2) is 10.9 Å². The van der Waals surface area contributed by atoms with Gasteiger partial charge in [-0.05, 0) is 43.2 Å². The number of rotatable bonds is 2. The Labute approximate surface area is 122 Å². The van der Waals surface area contributed by atoms with Gasteiger partial charge in [-0.25, -0.2) is 4.98 Å². The first-order valence-electron chi connectivity index (χ1n) is 6.36. The highest BCUT2D eigenvalue weighted by Gasteiger charge is 2.39. The molecule has 1 aromatic rings. The lowest BCUT2D eigenvalue weighted by molar-refractivity contribution is -0.120. The summed E-state index contributed by atoms with van der Waals surface area (Å²) in [6.45, 7) is 1.86. The van der Waals surface area contributed by atoms with Crippen LogP contribution in [0.1, 0.15) is 18.4 Å². The molecule has 0 aliphatic heterocycles. The van der Waals surface area contributed by atoms with Crippen molar-refractivity contribution in [1.29, 1.82) is 0 Å². The Morgan fingerprint density at radius 1 is 1.37 bits per heavy atom. The van der Waals surface area contributed by atoms with Gasteiger partial charge in [-0.1, -0.05) is 35.4 Å². The Morgan fingerprint density at radius 3 is 2.74 bits per heavy atom. The van der Waals surface area contributed by atoms with E-state index in [1.807, 2.05) is 6.92 Å². The number of amides is 1. The van der Waals surface area contributed by atoms with Crippen LogP contribution >= 0.6 is 23.2 Å². The van der Waals surface area contributed by atoms with Crippen LogP contribution < -0.4 is 5.32 Å². The number of fused-ring (bicyclic) bond motifs is 2. The topological polar surface area (TPSA) is 42.0 Å². The zero-order valence-electron chi connectivity index (χ0n) is 10.5. The van der Waals surface area contributed by atoms with Gasteiger partial charge in [-0.3, -0.25) is 4.79 Å². The van der Waals surface area contributed by atoms with Crippen LogP contribution in [0.15, 0.2) is 18.2 Å². The van der Waals surface area contributed by atoms with Gasteiger partial charge in [0.25, 0.3) is 0 Å². The van der Waals surface area contributed by atoms with Gasteiger partial charge in [0.2, 0.25) is 5.91 Å². The molecule has 1 aromatic heterocycles. The van der Waals surface area contributed by atoms with E-state index in [1.54, 1.807) is 6.07 Å². The second kappa shape index (κ2) is 4.80. The smallest absolute Gasteiger partial charge is 0.228 e. The highest BCUT2D eigenvalue weighted by molar-refractivity contribution is 6.34. The third kappa shape index (κ3) is 2.37. The van der Waals surface area contributed by atoms with E-state index in [1.165, 1.54) is 0 Å². The minimum atomic E-state index is 0.0333. The zero-order chi connectivity index (χ0) is 13.6. The molecule has 3 nitrogen and oxygen atoms in total. The molecule has 2 bridgehead atoms. The molecule has 5 heteroatoms. The summed E-state index contributed by atoms with van der Waals surface area (Å²) in [5.74, 6) is 1.04. The van der Waals surface area contributed by atoms with E-state index in [0.717, 1.165) is 18.4 Å². The van der Waals surface area contributed by atoms with Crippen molar-refractivity contribution in [2.45, 2.75) is 19.8 Å². The third-order valence-corrected chi connectivity index (χ3v) is 4.47. The second-order valence-electron chi connectivity index (χ2n) is 5.30. The predicted octanol–water partition coefficient (Wildman–Crippen LogP) is 3.85. The van der Waals surface area contributed by atoms with Crippen LogP contribution in [0, 0.1) is 24.7 Å². The molecule has 1 heterocycles. The number of carbonyl (C=O) groups is 1. The number of halogens is 2. The van der Waals surface area contributed by atoms with Crippen molar-refractivity contribution in [2.24, 2.45) is 17.8 Å². The third-order valence-electron chi connectivity index (χ3n) is 4.01. The molecule has 2 aliphatic carbocycles. The average molecular weight is 297 g/mol. The van der Waals surface area contributed by atoms with Crippen molar-refractivity contribution in [3.63, 3.8) is 0 Å². The minimum Gasteiger partial charge on any atom is -0.323 e. The quantitative estimate of drug-likeness (QED) is 0.665. The molecule has 100 valence electrons. The summed E-state index contributed by atoms with van der Waals surface area (Å²) in [6.07, 6.45) is 6.41. The van der Waals surface area contributed by atoms with Gasteiger partial charge in [0, 0.05) is 5.92 Å². The Hall–Kier alpha value is -1.06. The average Bonchev–Trinajstić information content (AvgIpc) is 2.95. The van der Waals surface area contributed by atoms with E-state index < -0.39 is 0 Å². The van der Waals surface area contributed by atoms with Gasteiger partial charge in [0.05, 0.1) is 5.69 Å². The molecule has 0 radical (unpaired) electrons. The fourth-order valence-corrected chi connectivity index (χ4v) is 3.62. The van der Waals surface area contributed by atoms with Crippen molar-refractivity contribution in [3.8, 4) is 0 Å². The summed E-state index contributed by atoms with van der Waals surface area (Å²) in [5, 5.41) is 3.49. The predicted molar refractivity (Wildman–Crippen MR) is 76.5 cm³/mol. The Bertz CT molecular complexity index is 548. The molecular weight excluding hydrogens is 283 g/mol. The number of hydrogen-bond donors (Lipinski definition) is 1. The summed E-state index contributed by atoms with van der Waals surface area (Å²) in [7, 11) is 0. The zero-order valence-corrected chi connectivity index (χ0v) is 12.0. The molecule has 0 saturated heterocycles. The monoisotopic (exact) mass is 296 g/mol. The largest absolute Gasteiger partial charge is 0.323 e. The Balaban J connectivity index is 1.79. The first kappa shape index (κ1) is 12.9. The molecule has 1 N–H and O–H groups in total. The first-order valence-corrected chi connectivity index (χ1v) is 7.12. The summed E-state index contributed by atoms with van der Waals surface area (Å²) >= 11 is 11.9. The molecule has 1 amide bonds. The van der Waals surface area contributed by atoms with Crippen LogP contribution in [0.25, 0.3) is 0 Å². The number of nitrogens with one attached hydrogen (secondary N) is 1. The molecule has 1 fully saturated rings. The minimum absolute atomic E-state index is 0.0333. The van der Waals surface area contributed by atoms with Crippen molar-refractivity contribution in [3.05, 3.63) is 34.1 Å². The van der Waals surface area contributed by atoms with Crippen LogP contribution in [0.5, 0.6) is 0 Å². The summed E-state index contributed by atoms with van der Waals surface area (Å²) < 4.78 is 0. The Kier molecular flexibility index (Phi) is 3.27. The SMILES string of the molecule is Cc1cc(Cl)nc(Cl)c1NC(=O)C1CC2C=CC1C2. The molecule has 3 atom stereocenters. The molecule has 3 rings (SSSR count).